The second-order valence-electron chi connectivity index (χ2n) is 8.14. The molecular formula is C20H24O2. The Balaban J connectivity index is 1.79. The molecule has 4 aliphatic rings. The number of hydrogen-bond donors (Lipinski definition) is 0. The second-order valence-corrected chi connectivity index (χ2v) is 8.14. The van der Waals surface area contributed by atoms with Crippen LogP contribution in [0.15, 0.2) is 35.5 Å². The Kier molecular flexibility index (Phi) is 2.77. The molecule has 2 fully saturated rings. The largest absolute Gasteiger partial charge is 0.299 e. The molecule has 0 N–H and O–H groups in total. The SMILES string of the molecule is CC1C[C@H]2[C@@H]3CCC4=CC(=O)C=C[C@]4(C)C3=CC[C@]2(C)C1=O. The Morgan fingerprint density at radius 1 is 1.23 bits per heavy atom. The van der Waals surface area contributed by atoms with E-state index < -0.39 is 0 Å². The highest BCUT2D eigenvalue weighted by Crippen LogP contribution is 2.61. The van der Waals surface area contributed by atoms with E-state index >= 15 is 0 Å². The van der Waals surface area contributed by atoms with Crippen LogP contribution in [0.25, 0.3) is 0 Å². The molecule has 0 aliphatic heterocycles. The van der Waals surface area contributed by atoms with Gasteiger partial charge in [0.2, 0.25) is 0 Å². The first-order chi connectivity index (χ1) is 10.4. The van der Waals surface area contributed by atoms with E-state index in [-0.39, 0.29) is 22.5 Å². The first-order valence-electron chi connectivity index (χ1n) is 8.55. The molecule has 0 spiro atoms. The number of fused-ring (bicyclic) bond motifs is 5. The van der Waals surface area contributed by atoms with E-state index in [2.05, 4.69) is 32.9 Å². The van der Waals surface area contributed by atoms with Gasteiger partial charge >= 0.3 is 0 Å². The topological polar surface area (TPSA) is 34.1 Å². The molecule has 22 heavy (non-hydrogen) atoms. The van der Waals surface area contributed by atoms with Gasteiger partial charge in [-0.25, -0.2) is 0 Å². The van der Waals surface area contributed by atoms with Crippen LogP contribution in [0.5, 0.6) is 0 Å². The van der Waals surface area contributed by atoms with Gasteiger partial charge in [-0.2, -0.15) is 0 Å². The molecule has 2 saturated carbocycles. The van der Waals surface area contributed by atoms with E-state index in [9.17, 15) is 9.59 Å². The summed E-state index contributed by atoms with van der Waals surface area (Å²) >= 11 is 0. The van der Waals surface area contributed by atoms with Gasteiger partial charge in [-0.3, -0.25) is 9.59 Å². The number of ketones is 2. The van der Waals surface area contributed by atoms with E-state index in [1.807, 2.05) is 6.08 Å². The third-order valence-corrected chi connectivity index (χ3v) is 6.96. The molecule has 4 rings (SSSR count). The van der Waals surface area contributed by atoms with Crippen LogP contribution in [0.1, 0.15) is 46.5 Å². The quantitative estimate of drug-likeness (QED) is 0.632. The van der Waals surface area contributed by atoms with Crippen LogP contribution in [-0.4, -0.2) is 11.6 Å². The van der Waals surface area contributed by atoms with Crippen molar-refractivity contribution in [1.29, 1.82) is 0 Å². The van der Waals surface area contributed by atoms with Gasteiger partial charge in [0.15, 0.2) is 5.78 Å². The van der Waals surface area contributed by atoms with Gasteiger partial charge in [-0.1, -0.05) is 37.1 Å². The summed E-state index contributed by atoms with van der Waals surface area (Å²) in [6.45, 7) is 6.54. The molecule has 2 heteroatoms. The van der Waals surface area contributed by atoms with Crippen LogP contribution in [0.3, 0.4) is 0 Å². The van der Waals surface area contributed by atoms with Crippen LogP contribution >= 0.6 is 0 Å². The third kappa shape index (κ3) is 1.61. The molecule has 0 saturated heterocycles. The number of rotatable bonds is 0. The van der Waals surface area contributed by atoms with Crippen molar-refractivity contribution in [1.82, 2.24) is 0 Å². The minimum absolute atomic E-state index is 0.0902. The summed E-state index contributed by atoms with van der Waals surface area (Å²) in [7, 11) is 0. The van der Waals surface area contributed by atoms with E-state index in [0.29, 0.717) is 17.6 Å². The lowest BCUT2D eigenvalue weighted by Gasteiger charge is -2.50. The highest BCUT2D eigenvalue weighted by atomic mass is 16.1. The van der Waals surface area contributed by atoms with E-state index in [1.54, 1.807) is 6.08 Å². The average Bonchev–Trinajstić information content (AvgIpc) is 2.72. The molecule has 0 aromatic carbocycles. The van der Waals surface area contributed by atoms with Crippen LogP contribution in [0.4, 0.5) is 0 Å². The van der Waals surface area contributed by atoms with E-state index in [0.717, 1.165) is 25.7 Å². The van der Waals surface area contributed by atoms with Crippen molar-refractivity contribution in [2.75, 3.05) is 0 Å². The number of carbonyl (C=O) groups excluding carboxylic acids is 2. The Hall–Kier alpha value is -1.44. The average molecular weight is 296 g/mol. The van der Waals surface area contributed by atoms with Crippen LogP contribution in [0, 0.1) is 28.6 Å². The fraction of sp³-hybridized carbons (Fsp3) is 0.600. The summed E-state index contributed by atoms with van der Waals surface area (Å²) in [5.41, 5.74) is 2.49. The molecule has 2 nitrogen and oxygen atoms in total. The number of carbonyl (C=O) groups is 2. The zero-order valence-electron chi connectivity index (χ0n) is 13.7. The molecule has 0 aromatic heterocycles. The zero-order valence-corrected chi connectivity index (χ0v) is 13.7. The second kappa shape index (κ2) is 4.31. The highest BCUT2D eigenvalue weighted by molar-refractivity contribution is 6.01. The minimum atomic E-state index is -0.153. The predicted octanol–water partition coefficient (Wildman–Crippen LogP) is 4.03. The molecule has 0 amide bonds. The predicted molar refractivity (Wildman–Crippen MR) is 86.1 cm³/mol. The maximum absolute atomic E-state index is 12.6. The van der Waals surface area contributed by atoms with E-state index in [1.165, 1.54) is 11.1 Å². The van der Waals surface area contributed by atoms with Crippen molar-refractivity contribution in [2.24, 2.45) is 28.6 Å². The summed E-state index contributed by atoms with van der Waals surface area (Å²) in [5, 5.41) is 0. The van der Waals surface area contributed by atoms with Crippen LogP contribution < -0.4 is 0 Å². The zero-order chi connectivity index (χ0) is 15.7. The summed E-state index contributed by atoms with van der Waals surface area (Å²) in [6.07, 6.45) is 12.0. The Morgan fingerprint density at radius 3 is 2.77 bits per heavy atom. The molecular weight excluding hydrogens is 272 g/mol. The molecule has 116 valence electrons. The summed E-state index contributed by atoms with van der Waals surface area (Å²) in [6, 6.07) is 0. The third-order valence-electron chi connectivity index (χ3n) is 6.96. The molecule has 5 atom stereocenters. The summed E-state index contributed by atoms with van der Waals surface area (Å²) in [4.78, 5) is 24.4. The Bertz CT molecular complexity index is 665. The number of hydrogen-bond acceptors (Lipinski definition) is 2. The standard InChI is InChI=1S/C20H24O2/c1-12-10-17-15-5-4-13-11-14(21)6-8-19(13,2)16(15)7-9-20(17,3)18(12)22/h6-8,11-12,15,17H,4-5,9-10H2,1-3H3/t12?,15-,17+,19+,20+/m1/s1. The Morgan fingerprint density at radius 2 is 2.00 bits per heavy atom. The van der Waals surface area contributed by atoms with Gasteiger partial charge in [0, 0.05) is 16.7 Å². The van der Waals surface area contributed by atoms with Gasteiger partial charge in [0.25, 0.3) is 0 Å². The number of allylic oxidation sites excluding steroid dienone is 6. The summed E-state index contributed by atoms with van der Waals surface area (Å²) in [5.74, 6) is 1.79. The van der Waals surface area contributed by atoms with Gasteiger partial charge in [-0.05, 0) is 56.6 Å². The van der Waals surface area contributed by atoms with Crippen molar-refractivity contribution in [3.05, 3.63) is 35.5 Å². The molecule has 0 aromatic rings. The normalized spacial score (nSPS) is 46.6. The van der Waals surface area contributed by atoms with Crippen LogP contribution in [-0.2, 0) is 9.59 Å². The maximum Gasteiger partial charge on any atom is 0.178 e. The number of Topliss-reactive ketones (excluding diaryl/α,β-unsaturated/α-hetero) is 1. The van der Waals surface area contributed by atoms with Gasteiger partial charge in [0.05, 0.1) is 0 Å². The summed E-state index contributed by atoms with van der Waals surface area (Å²) < 4.78 is 0. The molecule has 0 heterocycles. The lowest BCUT2D eigenvalue weighted by Crippen LogP contribution is -2.43. The monoisotopic (exact) mass is 296 g/mol. The lowest BCUT2D eigenvalue weighted by molar-refractivity contribution is -0.129. The smallest absolute Gasteiger partial charge is 0.178 e. The lowest BCUT2D eigenvalue weighted by atomic mass is 9.53. The van der Waals surface area contributed by atoms with Gasteiger partial charge < -0.3 is 0 Å². The fourth-order valence-electron chi connectivity index (χ4n) is 5.65. The van der Waals surface area contributed by atoms with Crippen molar-refractivity contribution in [2.45, 2.75) is 46.5 Å². The molecule has 4 aliphatic carbocycles. The fourth-order valence-corrected chi connectivity index (χ4v) is 5.65. The first-order valence-corrected chi connectivity index (χ1v) is 8.55. The van der Waals surface area contributed by atoms with Crippen molar-refractivity contribution >= 4 is 11.6 Å². The molecule has 0 radical (unpaired) electrons. The Labute approximate surface area is 132 Å². The molecule has 0 bridgehead atoms. The molecule has 1 unspecified atom stereocenters. The first kappa shape index (κ1) is 14.2. The minimum Gasteiger partial charge on any atom is -0.299 e. The van der Waals surface area contributed by atoms with E-state index in [4.69, 9.17) is 0 Å². The van der Waals surface area contributed by atoms with Crippen molar-refractivity contribution in [3.8, 4) is 0 Å². The maximum atomic E-state index is 12.6. The van der Waals surface area contributed by atoms with Crippen LogP contribution in [0.2, 0.25) is 0 Å². The highest BCUT2D eigenvalue weighted by Gasteiger charge is 2.57. The van der Waals surface area contributed by atoms with Gasteiger partial charge in [-0.15, -0.1) is 0 Å². The van der Waals surface area contributed by atoms with Crippen molar-refractivity contribution < 1.29 is 9.59 Å². The van der Waals surface area contributed by atoms with Gasteiger partial charge in [0.1, 0.15) is 5.78 Å². The van der Waals surface area contributed by atoms with Crippen molar-refractivity contribution in [3.63, 3.8) is 0 Å².